The van der Waals surface area contributed by atoms with E-state index in [1.807, 2.05) is 61.5 Å². The minimum absolute atomic E-state index is 0.117. The Morgan fingerprint density at radius 3 is 2.78 bits per heavy atom. The third-order valence-corrected chi connectivity index (χ3v) is 4.17. The lowest BCUT2D eigenvalue weighted by atomic mass is 10.1. The summed E-state index contributed by atoms with van der Waals surface area (Å²) in [5.41, 5.74) is 1.90. The van der Waals surface area contributed by atoms with E-state index in [-0.39, 0.29) is 11.9 Å². The Bertz CT molecular complexity index is 810. The van der Waals surface area contributed by atoms with Crippen LogP contribution in [0.2, 0.25) is 0 Å². The van der Waals surface area contributed by atoms with Gasteiger partial charge in [0.1, 0.15) is 17.1 Å². The van der Waals surface area contributed by atoms with Crippen molar-refractivity contribution in [3.05, 3.63) is 65.9 Å². The van der Waals surface area contributed by atoms with Crippen LogP contribution in [0.5, 0.6) is 5.75 Å². The van der Waals surface area contributed by atoms with Gasteiger partial charge in [-0.15, -0.1) is 0 Å². The Labute approximate surface area is 134 Å². The molecule has 1 aliphatic rings. The number of carbonyl (C=O) groups excluding carboxylic acids is 1. The lowest BCUT2D eigenvalue weighted by molar-refractivity contribution is -0.128. The number of benzene rings is 2. The maximum atomic E-state index is 12.4. The predicted molar refractivity (Wildman–Crippen MR) is 87.3 cm³/mol. The molecule has 116 valence electrons. The Morgan fingerprint density at radius 1 is 1.17 bits per heavy atom. The molecule has 4 rings (SSSR count). The summed E-state index contributed by atoms with van der Waals surface area (Å²) in [7, 11) is 0. The summed E-state index contributed by atoms with van der Waals surface area (Å²) in [5, 5.41) is 4.01. The summed E-state index contributed by atoms with van der Waals surface area (Å²) in [5.74, 6) is 1.42. The summed E-state index contributed by atoms with van der Waals surface area (Å²) in [6, 6.07) is 17.3. The molecular formula is C19H17NO3. The molecule has 4 heteroatoms. The maximum Gasteiger partial charge on any atom is 0.262 e. The van der Waals surface area contributed by atoms with Gasteiger partial charge in [0.15, 0.2) is 6.10 Å². The molecule has 2 atom stereocenters. The number of para-hydroxylation sites is 2. The Morgan fingerprint density at radius 2 is 1.96 bits per heavy atom. The first-order chi connectivity index (χ1) is 11.2. The van der Waals surface area contributed by atoms with E-state index in [2.05, 4.69) is 5.32 Å². The summed E-state index contributed by atoms with van der Waals surface area (Å²) < 4.78 is 11.5. The summed E-state index contributed by atoms with van der Waals surface area (Å²) in [6.45, 7) is 1.91. The van der Waals surface area contributed by atoms with Crippen LogP contribution >= 0.6 is 0 Å². The first-order valence-electron chi connectivity index (χ1n) is 7.74. The summed E-state index contributed by atoms with van der Waals surface area (Å²) >= 11 is 0. The molecule has 1 N–H and O–H groups in total. The number of carbonyl (C=O) groups is 1. The summed E-state index contributed by atoms with van der Waals surface area (Å²) in [6.07, 6.45) is 0.133. The number of fused-ring (bicyclic) bond motifs is 2. The summed E-state index contributed by atoms with van der Waals surface area (Å²) in [4.78, 5) is 12.4. The standard InChI is InChI=1S/C19H17NO3/c1-12(17-10-13-6-2-4-8-15(13)22-17)20-19(21)18-11-14-7-3-5-9-16(14)23-18/h2-10,12,18H,11H2,1H3,(H,20,21). The molecule has 0 aliphatic carbocycles. The molecule has 2 heterocycles. The number of hydrogen-bond acceptors (Lipinski definition) is 3. The molecule has 0 saturated heterocycles. The second kappa shape index (κ2) is 5.47. The molecule has 0 fully saturated rings. The molecule has 0 bridgehead atoms. The third kappa shape index (κ3) is 2.57. The van der Waals surface area contributed by atoms with Crippen LogP contribution in [-0.2, 0) is 11.2 Å². The van der Waals surface area contributed by atoms with Crippen molar-refractivity contribution in [1.29, 1.82) is 0 Å². The van der Waals surface area contributed by atoms with Crippen molar-refractivity contribution in [3.8, 4) is 5.75 Å². The van der Waals surface area contributed by atoms with Crippen LogP contribution in [0.4, 0.5) is 0 Å². The van der Waals surface area contributed by atoms with Gasteiger partial charge in [0.25, 0.3) is 5.91 Å². The van der Waals surface area contributed by atoms with Crippen molar-refractivity contribution in [3.63, 3.8) is 0 Å². The van der Waals surface area contributed by atoms with E-state index in [9.17, 15) is 4.79 Å². The SMILES string of the molecule is CC(NC(=O)C1Cc2ccccc2O1)c1cc2ccccc2o1. The molecule has 0 spiro atoms. The zero-order valence-electron chi connectivity index (χ0n) is 12.8. The van der Waals surface area contributed by atoms with Crippen molar-refractivity contribution in [2.45, 2.75) is 25.5 Å². The van der Waals surface area contributed by atoms with Gasteiger partial charge in [-0.1, -0.05) is 36.4 Å². The van der Waals surface area contributed by atoms with E-state index >= 15 is 0 Å². The molecular weight excluding hydrogens is 290 g/mol. The second-order valence-corrected chi connectivity index (χ2v) is 5.84. The van der Waals surface area contributed by atoms with Crippen LogP contribution in [0.15, 0.2) is 59.0 Å². The second-order valence-electron chi connectivity index (χ2n) is 5.84. The molecule has 23 heavy (non-hydrogen) atoms. The highest BCUT2D eigenvalue weighted by Gasteiger charge is 2.30. The van der Waals surface area contributed by atoms with Crippen LogP contribution < -0.4 is 10.1 Å². The van der Waals surface area contributed by atoms with E-state index in [0.717, 1.165) is 28.0 Å². The van der Waals surface area contributed by atoms with E-state index in [0.29, 0.717) is 6.42 Å². The lowest BCUT2D eigenvalue weighted by Crippen LogP contribution is -2.38. The Hall–Kier alpha value is -2.75. The van der Waals surface area contributed by atoms with Crippen molar-refractivity contribution >= 4 is 16.9 Å². The van der Waals surface area contributed by atoms with Crippen LogP contribution in [0.3, 0.4) is 0 Å². The van der Waals surface area contributed by atoms with E-state index in [1.54, 1.807) is 0 Å². The maximum absolute atomic E-state index is 12.4. The van der Waals surface area contributed by atoms with Crippen LogP contribution in [0.1, 0.15) is 24.3 Å². The highest BCUT2D eigenvalue weighted by atomic mass is 16.5. The molecule has 2 unspecified atom stereocenters. The van der Waals surface area contributed by atoms with Gasteiger partial charge in [0.2, 0.25) is 0 Å². The van der Waals surface area contributed by atoms with Crippen LogP contribution in [0, 0.1) is 0 Å². The highest BCUT2D eigenvalue weighted by molar-refractivity contribution is 5.83. The van der Waals surface area contributed by atoms with Gasteiger partial charge >= 0.3 is 0 Å². The van der Waals surface area contributed by atoms with E-state index < -0.39 is 6.10 Å². The monoisotopic (exact) mass is 307 g/mol. The average molecular weight is 307 g/mol. The number of rotatable bonds is 3. The average Bonchev–Trinajstić information content (AvgIpc) is 3.18. The molecule has 0 saturated carbocycles. The molecule has 0 radical (unpaired) electrons. The van der Waals surface area contributed by atoms with Gasteiger partial charge in [-0.3, -0.25) is 4.79 Å². The number of furan rings is 1. The van der Waals surface area contributed by atoms with Crippen molar-refractivity contribution < 1.29 is 13.9 Å². The largest absolute Gasteiger partial charge is 0.480 e. The Kier molecular flexibility index (Phi) is 3.30. The van der Waals surface area contributed by atoms with Crippen molar-refractivity contribution in [2.75, 3.05) is 0 Å². The number of ether oxygens (including phenoxy) is 1. The minimum Gasteiger partial charge on any atom is -0.480 e. The first-order valence-corrected chi connectivity index (χ1v) is 7.74. The fraction of sp³-hybridized carbons (Fsp3) is 0.211. The lowest BCUT2D eigenvalue weighted by Gasteiger charge is -2.15. The quantitative estimate of drug-likeness (QED) is 0.804. The van der Waals surface area contributed by atoms with Gasteiger partial charge in [-0.25, -0.2) is 0 Å². The molecule has 3 aromatic rings. The molecule has 2 aromatic carbocycles. The molecule has 1 aromatic heterocycles. The molecule has 4 nitrogen and oxygen atoms in total. The third-order valence-electron chi connectivity index (χ3n) is 4.17. The smallest absolute Gasteiger partial charge is 0.262 e. The number of amides is 1. The highest BCUT2D eigenvalue weighted by Crippen LogP contribution is 2.29. The van der Waals surface area contributed by atoms with Gasteiger partial charge in [-0.05, 0) is 30.7 Å². The zero-order chi connectivity index (χ0) is 15.8. The molecule has 1 amide bonds. The normalized spacial score (nSPS) is 17.5. The number of hydrogen-bond donors (Lipinski definition) is 1. The topological polar surface area (TPSA) is 51.5 Å². The molecule has 1 aliphatic heterocycles. The first kappa shape index (κ1) is 13.9. The zero-order valence-corrected chi connectivity index (χ0v) is 12.8. The van der Waals surface area contributed by atoms with Gasteiger partial charge < -0.3 is 14.5 Å². The van der Waals surface area contributed by atoms with Crippen LogP contribution in [0.25, 0.3) is 11.0 Å². The fourth-order valence-corrected chi connectivity index (χ4v) is 2.92. The number of nitrogens with one attached hydrogen (secondary N) is 1. The fourth-order valence-electron chi connectivity index (χ4n) is 2.92. The van der Waals surface area contributed by atoms with Crippen molar-refractivity contribution in [1.82, 2.24) is 5.32 Å². The van der Waals surface area contributed by atoms with E-state index in [4.69, 9.17) is 9.15 Å². The van der Waals surface area contributed by atoms with Crippen molar-refractivity contribution in [2.24, 2.45) is 0 Å². The predicted octanol–water partition coefficient (Wildman–Crippen LogP) is 3.61. The van der Waals surface area contributed by atoms with Gasteiger partial charge in [0.05, 0.1) is 6.04 Å². The Balaban J connectivity index is 1.46. The van der Waals surface area contributed by atoms with E-state index in [1.165, 1.54) is 0 Å². The van der Waals surface area contributed by atoms with Gasteiger partial charge in [-0.2, -0.15) is 0 Å². The van der Waals surface area contributed by atoms with Gasteiger partial charge in [0, 0.05) is 11.8 Å². The minimum atomic E-state index is -0.473. The van der Waals surface area contributed by atoms with Crippen LogP contribution in [-0.4, -0.2) is 12.0 Å².